The molecule has 0 fully saturated rings. The molecular formula is C36H54O3. The van der Waals surface area contributed by atoms with Crippen molar-refractivity contribution in [2.45, 2.75) is 123 Å². The lowest BCUT2D eigenvalue weighted by Gasteiger charge is -2.07. The van der Waals surface area contributed by atoms with Crippen LogP contribution in [0.25, 0.3) is 6.08 Å². The van der Waals surface area contributed by atoms with Crippen LogP contribution in [0.1, 0.15) is 139 Å². The molecule has 216 valence electrons. The summed E-state index contributed by atoms with van der Waals surface area (Å²) in [5.41, 5.74) is 1.63. The number of carbonyl (C=O) groups excluding carboxylic acids is 1. The van der Waals surface area contributed by atoms with Crippen LogP contribution in [-0.2, 0) is 0 Å². The summed E-state index contributed by atoms with van der Waals surface area (Å²) in [6.07, 6.45) is 26.3. The van der Waals surface area contributed by atoms with Crippen molar-refractivity contribution in [1.82, 2.24) is 0 Å². The molecule has 0 unspecified atom stereocenters. The van der Waals surface area contributed by atoms with E-state index in [1.165, 1.54) is 96.3 Å². The molecule has 0 bridgehead atoms. The molecule has 0 saturated heterocycles. The standard InChI is InChI=1S/C36H54O3/c1-3-5-6-7-8-9-10-11-12-13-14-15-16-17-18-19-30-39-35-22-20-21-33(31-35)36(37)28-25-32-23-26-34(27-24-32)38-29-4-2/h20-28,31H,3-19,29-30H2,1-2H3/b28-25+. The summed E-state index contributed by atoms with van der Waals surface area (Å²) in [6.45, 7) is 5.79. The molecule has 0 radical (unpaired) electrons. The van der Waals surface area contributed by atoms with Crippen LogP contribution in [0.15, 0.2) is 54.6 Å². The van der Waals surface area contributed by atoms with Crippen LogP contribution in [-0.4, -0.2) is 19.0 Å². The Hall–Kier alpha value is -2.55. The first-order chi connectivity index (χ1) is 19.2. The molecule has 0 saturated carbocycles. The highest BCUT2D eigenvalue weighted by atomic mass is 16.5. The molecule has 3 nitrogen and oxygen atoms in total. The zero-order valence-corrected chi connectivity index (χ0v) is 24.9. The molecule has 0 aromatic heterocycles. The largest absolute Gasteiger partial charge is 0.494 e. The van der Waals surface area contributed by atoms with Crippen molar-refractivity contribution in [3.05, 3.63) is 65.7 Å². The van der Waals surface area contributed by atoms with Gasteiger partial charge >= 0.3 is 0 Å². The molecule has 0 N–H and O–H groups in total. The molecule has 0 spiro atoms. The summed E-state index contributed by atoms with van der Waals surface area (Å²) < 4.78 is 11.5. The fourth-order valence-electron chi connectivity index (χ4n) is 4.74. The van der Waals surface area contributed by atoms with Gasteiger partial charge in [0.2, 0.25) is 0 Å². The van der Waals surface area contributed by atoms with Crippen LogP contribution in [0.5, 0.6) is 11.5 Å². The second-order valence-electron chi connectivity index (χ2n) is 10.8. The van der Waals surface area contributed by atoms with E-state index < -0.39 is 0 Å². The summed E-state index contributed by atoms with van der Waals surface area (Å²) in [7, 11) is 0. The van der Waals surface area contributed by atoms with Gasteiger partial charge in [-0.1, -0.05) is 141 Å². The molecular weight excluding hydrogens is 480 g/mol. The van der Waals surface area contributed by atoms with Crippen molar-refractivity contribution in [2.24, 2.45) is 0 Å². The van der Waals surface area contributed by atoms with Gasteiger partial charge in [0.25, 0.3) is 0 Å². The van der Waals surface area contributed by atoms with E-state index in [0.29, 0.717) is 18.8 Å². The normalized spacial score (nSPS) is 11.2. The summed E-state index contributed by atoms with van der Waals surface area (Å²) in [6, 6.07) is 15.3. The highest BCUT2D eigenvalue weighted by Crippen LogP contribution is 2.18. The van der Waals surface area contributed by atoms with Gasteiger partial charge in [0.1, 0.15) is 11.5 Å². The van der Waals surface area contributed by atoms with Crippen molar-refractivity contribution in [2.75, 3.05) is 13.2 Å². The predicted molar refractivity (Wildman–Crippen MR) is 167 cm³/mol. The van der Waals surface area contributed by atoms with Crippen LogP contribution < -0.4 is 9.47 Å². The molecule has 0 amide bonds. The van der Waals surface area contributed by atoms with E-state index in [9.17, 15) is 4.79 Å². The summed E-state index contributed by atoms with van der Waals surface area (Å²) in [5.74, 6) is 1.61. The lowest BCUT2D eigenvalue weighted by atomic mass is 10.0. The highest BCUT2D eigenvalue weighted by molar-refractivity contribution is 6.07. The Morgan fingerprint density at radius 2 is 1.13 bits per heavy atom. The Kier molecular flexibility index (Phi) is 18.7. The maximum atomic E-state index is 12.6. The fourth-order valence-corrected chi connectivity index (χ4v) is 4.74. The summed E-state index contributed by atoms with van der Waals surface area (Å²) in [5, 5.41) is 0. The van der Waals surface area contributed by atoms with Gasteiger partial charge in [-0.2, -0.15) is 0 Å². The number of hydrogen-bond donors (Lipinski definition) is 0. The van der Waals surface area contributed by atoms with E-state index in [4.69, 9.17) is 9.47 Å². The van der Waals surface area contributed by atoms with Gasteiger partial charge in [-0.25, -0.2) is 0 Å². The average Bonchev–Trinajstić information content (AvgIpc) is 2.97. The van der Waals surface area contributed by atoms with Gasteiger partial charge in [0.15, 0.2) is 5.78 Å². The molecule has 0 atom stereocenters. The Morgan fingerprint density at radius 3 is 1.69 bits per heavy atom. The summed E-state index contributed by atoms with van der Waals surface area (Å²) >= 11 is 0. The molecule has 39 heavy (non-hydrogen) atoms. The van der Waals surface area contributed by atoms with Gasteiger partial charge in [-0.15, -0.1) is 0 Å². The Morgan fingerprint density at radius 1 is 0.590 bits per heavy atom. The summed E-state index contributed by atoms with van der Waals surface area (Å²) in [4.78, 5) is 12.6. The smallest absolute Gasteiger partial charge is 0.185 e. The van der Waals surface area contributed by atoms with Crippen molar-refractivity contribution in [3.8, 4) is 11.5 Å². The Balaban J connectivity index is 1.50. The average molecular weight is 535 g/mol. The molecule has 0 aliphatic rings. The number of ketones is 1. The minimum absolute atomic E-state index is 0.0193. The van der Waals surface area contributed by atoms with Crippen LogP contribution in [0, 0.1) is 0 Å². The van der Waals surface area contributed by atoms with Crippen LogP contribution in [0.4, 0.5) is 0 Å². The van der Waals surface area contributed by atoms with E-state index in [1.807, 2.05) is 54.6 Å². The van der Waals surface area contributed by atoms with Crippen molar-refractivity contribution < 1.29 is 14.3 Å². The van der Waals surface area contributed by atoms with Gasteiger partial charge in [0, 0.05) is 5.56 Å². The van der Waals surface area contributed by atoms with Crippen molar-refractivity contribution in [3.63, 3.8) is 0 Å². The number of hydrogen-bond acceptors (Lipinski definition) is 3. The monoisotopic (exact) mass is 534 g/mol. The topological polar surface area (TPSA) is 35.5 Å². The lowest BCUT2D eigenvalue weighted by molar-refractivity contribution is 0.104. The van der Waals surface area contributed by atoms with Gasteiger partial charge in [-0.05, 0) is 48.7 Å². The second-order valence-corrected chi connectivity index (χ2v) is 10.8. The van der Waals surface area contributed by atoms with E-state index in [-0.39, 0.29) is 5.78 Å². The third-order valence-electron chi connectivity index (χ3n) is 7.17. The third-order valence-corrected chi connectivity index (χ3v) is 7.17. The molecule has 2 aromatic rings. The third kappa shape index (κ3) is 16.2. The molecule has 3 heteroatoms. The molecule has 0 aliphatic carbocycles. The number of benzene rings is 2. The van der Waals surface area contributed by atoms with Gasteiger partial charge < -0.3 is 9.47 Å². The minimum atomic E-state index is -0.0193. The minimum Gasteiger partial charge on any atom is -0.494 e. The van der Waals surface area contributed by atoms with Gasteiger partial charge in [0.05, 0.1) is 13.2 Å². The molecule has 2 rings (SSSR count). The lowest BCUT2D eigenvalue weighted by Crippen LogP contribution is -2.00. The Bertz CT molecular complexity index is 900. The van der Waals surface area contributed by atoms with E-state index in [0.717, 1.165) is 29.9 Å². The van der Waals surface area contributed by atoms with Crippen LogP contribution in [0.3, 0.4) is 0 Å². The van der Waals surface area contributed by atoms with Gasteiger partial charge in [-0.3, -0.25) is 4.79 Å². The highest BCUT2D eigenvalue weighted by Gasteiger charge is 2.04. The van der Waals surface area contributed by atoms with Crippen LogP contribution >= 0.6 is 0 Å². The fraction of sp³-hybridized carbons (Fsp3) is 0.583. The van der Waals surface area contributed by atoms with E-state index in [2.05, 4.69) is 13.8 Å². The van der Waals surface area contributed by atoms with Crippen molar-refractivity contribution >= 4 is 11.9 Å². The number of ether oxygens (including phenoxy) is 2. The number of unbranched alkanes of at least 4 members (excludes halogenated alkanes) is 15. The SMILES string of the molecule is CCCCCCCCCCCCCCCCCCOc1cccc(C(=O)/C=C/c2ccc(OCCC)cc2)c1. The molecule has 0 heterocycles. The molecule has 0 aliphatic heterocycles. The first-order valence-corrected chi connectivity index (χ1v) is 15.9. The van der Waals surface area contributed by atoms with Crippen molar-refractivity contribution in [1.29, 1.82) is 0 Å². The zero-order chi connectivity index (χ0) is 27.8. The second kappa shape index (κ2) is 22.3. The van der Waals surface area contributed by atoms with E-state index in [1.54, 1.807) is 6.08 Å². The predicted octanol–water partition coefficient (Wildman–Crippen LogP) is 11.0. The first kappa shape index (κ1) is 32.7. The van der Waals surface area contributed by atoms with E-state index >= 15 is 0 Å². The zero-order valence-electron chi connectivity index (χ0n) is 24.9. The quantitative estimate of drug-likeness (QED) is 0.0763. The maximum absolute atomic E-state index is 12.6. The maximum Gasteiger partial charge on any atom is 0.185 e. The number of allylic oxidation sites excluding steroid dienone is 1. The molecule has 2 aromatic carbocycles. The number of rotatable bonds is 24. The Labute approximate surface area is 239 Å². The first-order valence-electron chi connectivity index (χ1n) is 15.9. The van der Waals surface area contributed by atoms with Crippen LogP contribution in [0.2, 0.25) is 0 Å². The number of carbonyl (C=O) groups is 1.